The van der Waals surface area contributed by atoms with Crippen molar-refractivity contribution < 1.29 is 9.59 Å². The molecule has 0 saturated heterocycles. The molecular weight excluding hydrogens is 394 g/mol. The van der Waals surface area contributed by atoms with E-state index in [1.807, 2.05) is 49.4 Å². The number of para-hydroxylation sites is 1. The van der Waals surface area contributed by atoms with Gasteiger partial charge in [0.25, 0.3) is 5.91 Å². The van der Waals surface area contributed by atoms with Crippen molar-refractivity contribution in [3.8, 4) is 0 Å². The molecule has 0 aliphatic carbocycles. The smallest absolute Gasteiger partial charge is 0.253 e. The molecule has 3 aromatic rings. The fourth-order valence-electron chi connectivity index (χ4n) is 2.63. The normalized spacial score (nSPS) is 10.6. The largest absolute Gasteiger partial charge is 0.343 e. The van der Waals surface area contributed by atoms with Crippen LogP contribution in [0.4, 0.5) is 5.69 Å². The molecule has 0 unspecified atom stereocenters. The minimum Gasteiger partial charge on any atom is -0.343 e. The van der Waals surface area contributed by atoms with Gasteiger partial charge in [-0.15, -0.1) is 0 Å². The molecule has 6 heteroatoms. The molecule has 1 heterocycles. The molecule has 0 spiro atoms. The van der Waals surface area contributed by atoms with E-state index in [0.29, 0.717) is 16.9 Å². The summed E-state index contributed by atoms with van der Waals surface area (Å²) in [6, 6.07) is 15.0. The lowest BCUT2D eigenvalue weighted by Crippen LogP contribution is -2.33. The first-order valence-electron chi connectivity index (χ1n) is 8.14. The van der Waals surface area contributed by atoms with Gasteiger partial charge in [-0.1, -0.05) is 23.8 Å². The molecule has 2 aromatic carbocycles. The molecule has 0 aliphatic rings. The predicted octanol–water partition coefficient (Wildman–Crippen LogP) is 3.98. The average molecular weight is 412 g/mol. The van der Waals surface area contributed by atoms with Gasteiger partial charge in [-0.2, -0.15) is 0 Å². The highest BCUT2D eigenvalue weighted by molar-refractivity contribution is 9.10. The molecule has 0 radical (unpaired) electrons. The van der Waals surface area contributed by atoms with Crippen LogP contribution in [-0.2, 0) is 4.79 Å². The van der Waals surface area contributed by atoms with Gasteiger partial charge in [-0.25, -0.2) is 0 Å². The Morgan fingerprint density at radius 2 is 1.85 bits per heavy atom. The summed E-state index contributed by atoms with van der Waals surface area (Å²) in [5.74, 6) is -0.617. The van der Waals surface area contributed by atoms with E-state index in [9.17, 15) is 9.59 Å². The van der Waals surface area contributed by atoms with E-state index in [-0.39, 0.29) is 18.4 Å². The monoisotopic (exact) mass is 411 g/mol. The molecule has 5 nitrogen and oxygen atoms in total. The Balaban J connectivity index is 1.70. The third-order valence-corrected chi connectivity index (χ3v) is 4.65. The summed E-state index contributed by atoms with van der Waals surface area (Å²) < 4.78 is 0.782. The van der Waals surface area contributed by atoms with Crippen LogP contribution in [0.5, 0.6) is 0 Å². The van der Waals surface area contributed by atoms with Crippen LogP contribution in [0.3, 0.4) is 0 Å². The Morgan fingerprint density at radius 3 is 2.62 bits per heavy atom. The number of aromatic nitrogens is 1. The number of rotatable bonds is 4. The molecule has 0 aliphatic heterocycles. The number of hydrogen-bond donors (Lipinski definition) is 2. The number of anilines is 1. The summed E-state index contributed by atoms with van der Waals surface area (Å²) in [4.78, 5) is 29.0. The Morgan fingerprint density at radius 1 is 1.08 bits per heavy atom. The third kappa shape index (κ3) is 4.08. The topological polar surface area (TPSA) is 71.1 Å². The van der Waals surface area contributed by atoms with Gasteiger partial charge in [0, 0.05) is 9.86 Å². The first-order chi connectivity index (χ1) is 12.4. The minimum atomic E-state index is -0.319. The van der Waals surface area contributed by atoms with Crippen LogP contribution in [0.25, 0.3) is 10.9 Å². The molecular formula is C20H18BrN3O2. The van der Waals surface area contributed by atoms with Crippen molar-refractivity contribution in [2.24, 2.45) is 0 Å². The van der Waals surface area contributed by atoms with Crippen LogP contribution in [0, 0.1) is 13.8 Å². The van der Waals surface area contributed by atoms with Crippen molar-refractivity contribution in [1.82, 2.24) is 10.3 Å². The highest BCUT2D eigenvalue weighted by atomic mass is 79.9. The van der Waals surface area contributed by atoms with E-state index in [0.717, 1.165) is 20.9 Å². The minimum absolute atomic E-state index is 0.120. The number of amides is 2. The van der Waals surface area contributed by atoms with Crippen molar-refractivity contribution in [1.29, 1.82) is 0 Å². The number of halogens is 1. The summed E-state index contributed by atoms with van der Waals surface area (Å²) in [7, 11) is 0. The second kappa shape index (κ2) is 7.66. The highest BCUT2D eigenvalue weighted by Crippen LogP contribution is 2.21. The summed E-state index contributed by atoms with van der Waals surface area (Å²) in [6.45, 7) is 3.66. The number of nitrogens with one attached hydrogen (secondary N) is 2. The quantitative estimate of drug-likeness (QED) is 0.681. The van der Waals surface area contributed by atoms with Gasteiger partial charge in [0.2, 0.25) is 5.91 Å². The zero-order valence-electron chi connectivity index (χ0n) is 14.5. The molecule has 3 rings (SSSR count). The standard InChI is InChI=1S/C20H18BrN3O2/c1-12-7-8-17-14(9-12)10-15(13(2)23-17)20(26)22-11-19(25)24-18-6-4-3-5-16(18)21/h3-10H,11H2,1-2H3,(H,22,26)(H,24,25). The van der Waals surface area contributed by atoms with Crippen LogP contribution in [0.2, 0.25) is 0 Å². The van der Waals surface area contributed by atoms with Gasteiger partial charge < -0.3 is 10.6 Å². The molecule has 2 N–H and O–H groups in total. The molecule has 132 valence electrons. The molecule has 0 bridgehead atoms. The first-order valence-corrected chi connectivity index (χ1v) is 8.94. The summed E-state index contributed by atoms with van der Waals surface area (Å²) >= 11 is 3.37. The second-order valence-corrected chi connectivity index (χ2v) is 6.88. The Hall–Kier alpha value is -2.73. The number of benzene rings is 2. The van der Waals surface area contributed by atoms with E-state index in [1.165, 1.54) is 0 Å². The van der Waals surface area contributed by atoms with E-state index < -0.39 is 0 Å². The van der Waals surface area contributed by atoms with Crippen LogP contribution < -0.4 is 10.6 Å². The number of carbonyl (C=O) groups excluding carboxylic acids is 2. The number of fused-ring (bicyclic) bond motifs is 1. The maximum Gasteiger partial charge on any atom is 0.253 e. The SMILES string of the molecule is Cc1ccc2nc(C)c(C(=O)NCC(=O)Nc3ccccc3Br)cc2c1. The zero-order valence-corrected chi connectivity index (χ0v) is 16.1. The first kappa shape index (κ1) is 18.1. The Kier molecular flexibility index (Phi) is 5.32. The van der Waals surface area contributed by atoms with Crippen LogP contribution >= 0.6 is 15.9 Å². The second-order valence-electron chi connectivity index (χ2n) is 6.03. The Bertz CT molecular complexity index is 1000. The van der Waals surface area contributed by atoms with Crippen molar-refractivity contribution in [2.45, 2.75) is 13.8 Å². The van der Waals surface area contributed by atoms with Crippen LogP contribution in [0.15, 0.2) is 53.0 Å². The van der Waals surface area contributed by atoms with E-state index >= 15 is 0 Å². The van der Waals surface area contributed by atoms with Crippen molar-refractivity contribution in [2.75, 3.05) is 11.9 Å². The summed E-state index contributed by atoms with van der Waals surface area (Å²) in [5, 5.41) is 6.31. The third-order valence-electron chi connectivity index (χ3n) is 3.96. The molecule has 0 fully saturated rings. The predicted molar refractivity (Wildman–Crippen MR) is 106 cm³/mol. The van der Waals surface area contributed by atoms with Crippen LogP contribution in [0.1, 0.15) is 21.6 Å². The lowest BCUT2D eigenvalue weighted by molar-refractivity contribution is -0.115. The number of carbonyl (C=O) groups is 2. The average Bonchev–Trinajstić information content (AvgIpc) is 2.61. The van der Waals surface area contributed by atoms with Crippen molar-refractivity contribution in [3.05, 3.63) is 69.8 Å². The summed E-state index contributed by atoms with van der Waals surface area (Å²) in [6.07, 6.45) is 0. The lowest BCUT2D eigenvalue weighted by Gasteiger charge is -2.10. The van der Waals surface area contributed by atoms with E-state index in [2.05, 4.69) is 31.5 Å². The zero-order chi connectivity index (χ0) is 18.7. The number of aryl methyl sites for hydroxylation is 2. The van der Waals surface area contributed by atoms with Crippen molar-refractivity contribution >= 4 is 44.3 Å². The number of pyridine rings is 1. The fraction of sp³-hybridized carbons (Fsp3) is 0.150. The Labute approximate surface area is 160 Å². The molecule has 1 aromatic heterocycles. The van der Waals surface area contributed by atoms with Crippen LogP contribution in [-0.4, -0.2) is 23.3 Å². The van der Waals surface area contributed by atoms with Crippen molar-refractivity contribution in [3.63, 3.8) is 0 Å². The highest BCUT2D eigenvalue weighted by Gasteiger charge is 2.13. The number of hydrogen-bond acceptors (Lipinski definition) is 3. The van der Waals surface area contributed by atoms with Gasteiger partial charge in [0.1, 0.15) is 0 Å². The van der Waals surface area contributed by atoms with Gasteiger partial charge in [0.05, 0.1) is 29.0 Å². The molecule has 0 atom stereocenters. The fourth-order valence-corrected chi connectivity index (χ4v) is 3.02. The number of nitrogens with zero attached hydrogens (tertiary/aromatic N) is 1. The van der Waals surface area contributed by atoms with Gasteiger partial charge in [0.15, 0.2) is 0 Å². The molecule has 26 heavy (non-hydrogen) atoms. The lowest BCUT2D eigenvalue weighted by atomic mass is 10.1. The molecule has 2 amide bonds. The van der Waals surface area contributed by atoms with Gasteiger partial charge in [-0.3, -0.25) is 14.6 Å². The van der Waals surface area contributed by atoms with Gasteiger partial charge >= 0.3 is 0 Å². The summed E-state index contributed by atoms with van der Waals surface area (Å²) in [5.41, 5.74) is 3.70. The van der Waals surface area contributed by atoms with E-state index in [1.54, 1.807) is 13.0 Å². The maximum absolute atomic E-state index is 12.5. The van der Waals surface area contributed by atoms with E-state index in [4.69, 9.17) is 0 Å². The van der Waals surface area contributed by atoms with Gasteiger partial charge in [-0.05, 0) is 60.1 Å². The molecule has 0 saturated carbocycles. The maximum atomic E-state index is 12.5.